The lowest BCUT2D eigenvalue weighted by atomic mass is 10.2. The maximum Gasteiger partial charge on any atom is 0.248 e. The van der Waals surface area contributed by atoms with E-state index >= 15 is 0 Å². The van der Waals surface area contributed by atoms with Gasteiger partial charge in [-0.1, -0.05) is 22.0 Å². The minimum Gasteiger partial charge on any atom is -0.496 e. The predicted octanol–water partition coefficient (Wildman–Crippen LogP) is 4.87. The summed E-state index contributed by atoms with van der Waals surface area (Å²) in [4.78, 5) is 11.8. The molecular formula is C16H13Br2NO2. The molecule has 2 aromatic rings. The van der Waals surface area contributed by atoms with Gasteiger partial charge in [0.1, 0.15) is 5.75 Å². The number of ether oxygens (including phenoxy) is 1. The molecule has 0 fully saturated rings. The first-order valence-corrected chi connectivity index (χ1v) is 7.75. The first kappa shape index (κ1) is 15.8. The minimum absolute atomic E-state index is 0.177. The highest BCUT2D eigenvalue weighted by Crippen LogP contribution is 2.26. The molecule has 0 aliphatic carbocycles. The van der Waals surface area contributed by atoms with Crippen LogP contribution in [-0.4, -0.2) is 13.0 Å². The largest absolute Gasteiger partial charge is 0.496 e. The average molecular weight is 411 g/mol. The van der Waals surface area contributed by atoms with Crippen molar-refractivity contribution in [1.82, 2.24) is 0 Å². The Morgan fingerprint density at radius 2 is 1.86 bits per heavy atom. The topological polar surface area (TPSA) is 38.3 Å². The van der Waals surface area contributed by atoms with Gasteiger partial charge in [0.15, 0.2) is 0 Å². The summed E-state index contributed by atoms with van der Waals surface area (Å²) in [5, 5.41) is 2.79. The quantitative estimate of drug-likeness (QED) is 0.730. The maximum absolute atomic E-state index is 11.8. The van der Waals surface area contributed by atoms with Gasteiger partial charge in [0.2, 0.25) is 5.91 Å². The number of methoxy groups -OCH3 is 1. The molecule has 0 heterocycles. The van der Waals surface area contributed by atoms with Gasteiger partial charge in [0.05, 0.1) is 11.6 Å². The van der Waals surface area contributed by atoms with Crippen molar-refractivity contribution in [2.24, 2.45) is 0 Å². The second-order valence-corrected chi connectivity index (χ2v) is 5.99. The van der Waals surface area contributed by atoms with Crippen LogP contribution in [0.1, 0.15) is 5.56 Å². The number of nitrogens with one attached hydrogen (secondary N) is 1. The van der Waals surface area contributed by atoms with Gasteiger partial charge < -0.3 is 10.1 Å². The molecule has 0 saturated heterocycles. The van der Waals surface area contributed by atoms with E-state index in [-0.39, 0.29) is 5.91 Å². The first-order chi connectivity index (χ1) is 10.1. The van der Waals surface area contributed by atoms with E-state index < -0.39 is 0 Å². The van der Waals surface area contributed by atoms with Crippen molar-refractivity contribution in [3.05, 3.63) is 63.0 Å². The summed E-state index contributed by atoms with van der Waals surface area (Å²) in [5.41, 5.74) is 1.66. The van der Waals surface area contributed by atoms with E-state index in [1.54, 1.807) is 13.2 Å². The smallest absolute Gasteiger partial charge is 0.248 e. The molecule has 0 aromatic heterocycles. The van der Waals surface area contributed by atoms with E-state index in [9.17, 15) is 4.79 Å². The van der Waals surface area contributed by atoms with Gasteiger partial charge in [-0.25, -0.2) is 0 Å². The molecular weight excluding hydrogens is 398 g/mol. The standard InChI is InChI=1S/C16H13Br2NO2/c1-21-15-8-2-11(10-14(15)18)3-9-16(20)19-13-6-4-12(17)5-7-13/h2-10H,1H3,(H,19,20). The van der Waals surface area contributed by atoms with Crippen LogP contribution in [0.5, 0.6) is 5.75 Å². The molecule has 0 radical (unpaired) electrons. The zero-order chi connectivity index (χ0) is 15.2. The Morgan fingerprint density at radius 1 is 1.14 bits per heavy atom. The Balaban J connectivity index is 2.01. The number of hydrogen-bond donors (Lipinski definition) is 1. The highest BCUT2D eigenvalue weighted by Gasteiger charge is 2.01. The Morgan fingerprint density at radius 3 is 2.48 bits per heavy atom. The van der Waals surface area contributed by atoms with Crippen molar-refractivity contribution in [2.45, 2.75) is 0 Å². The van der Waals surface area contributed by atoms with Crippen molar-refractivity contribution in [3.8, 4) is 5.75 Å². The van der Waals surface area contributed by atoms with Crippen molar-refractivity contribution >= 4 is 49.5 Å². The molecule has 0 unspecified atom stereocenters. The number of benzene rings is 2. The highest BCUT2D eigenvalue weighted by molar-refractivity contribution is 9.10. The summed E-state index contributed by atoms with van der Waals surface area (Å²) < 4.78 is 6.98. The third-order valence-corrected chi connectivity index (χ3v) is 3.86. The van der Waals surface area contributed by atoms with Crippen LogP contribution in [-0.2, 0) is 4.79 Å². The summed E-state index contributed by atoms with van der Waals surface area (Å²) in [6, 6.07) is 13.0. The molecule has 0 spiro atoms. The molecule has 2 aromatic carbocycles. The Kier molecular flexibility index (Phi) is 5.59. The van der Waals surface area contributed by atoms with Gasteiger partial charge in [-0.05, 0) is 64.0 Å². The van der Waals surface area contributed by atoms with Crippen molar-refractivity contribution in [1.29, 1.82) is 0 Å². The Bertz CT molecular complexity index is 666. The van der Waals surface area contributed by atoms with Gasteiger partial charge in [0.25, 0.3) is 0 Å². The van der Waals surface area contributed by atoms with Gasteiger partial charge in [-0.15, -0.1) is 0 Å². The fourth-order valence-electron chi connectivity index (χ4n) is 1.68. The van der Waals surface area contributed by atoms with Crippen LogP contribution in [0.15, 0.2) is 57.5 Å². The molecule has 0 atom stereocenters. The minimum atomic E-state index is -0.177. The van der Waals surface area contributed by atoms with Gasteiger partial charge in [-0.2, -0.15) is 0 Å². The van der Waals surface area contributed by atoms with Crippen LogP contribution in [0.4, 0.5) is 5.69 Å². The van der Waals surface area contributed by atoms with Crippen LogP contribution in [0.2, 0.25) is 0 Å². The van der Waals surface area contributed by atoms with Crippen molar-refractivity contribution in [3.63, 3.8) is 0 Å². The van der Waals surface area contributed by atoms with Crippen LogP contribution < -0.4 is 10.1 Å². The summed E-state index contributed by atoms with van der Waals surface area (Å²) in [6.07, 6.45) is 3.24. The number of halogens is 2. The zero-order valence-corrected chi connectivity index (χ0v) is 14.4. The Hall–Kier alpha value is -1.59. The van der Waals surface area contributed by atoms with E-state index in [1.807, 2.05) is 42.5 Å². The second kappa shape index (κ2) is 7.43. The molecule has 0 aliphatic heterocycles. The molecule has 108 valence electrons. The van der Waals surface area contributed by atoms with Gasteiger partial charge in [-0.3, -0.25) is 4.79 Å². The average Bonchev–Trinajstić information content (AvgIpc) is 2.48. The number of amides is 1. The summed E-state index contributed by atoms with van der Waals surface area (Å²) in [6.45, 7) is 0. The van der Waals surface area contributed by atoms with E-state index in [2.05, 4.69) is 37.2 Å². The lowest BCUT2D eigenvalue weighted by molar-refractivity contribution is -0.111. The van der Waals surface area contributed by atoms with Crippen LogP contribution >= 0.6 is 31.9 Å². The van der Waals surface area contributed by atoms with Crippen molar-refractivity contribution < 1.29 is 9.53 Å². The van der Waals surface area contributed by atoms with Crippen LogP contribution in [0.25, 0.3) is 6.08 Å². The number of carbonyl (C=O) groups is 1. The second-order valence-electron chi connectivity index (χ2n) is 4.22. The number of anilines is 1. The van der Waals surface area contributed by atoms with Gasteiger partial charge in [0, 0.05) is 16.2 Å². The molecule has 0 bridgehead atoms. The number of hydrogen-bond acceptors (Lipinski definition) is 2. The van der Waals surface area contributed by atoms with E-state index in [4.69, 9.17) is 4.74 Å². The molecule has 0 aliphatic rings. The lowest BCUT2D eigenvalue weighted by Gasteiger charge is -2.04. The summed E-state index contributed by atoms with van der Waals surface area (Å²) in [7, 11) is 1.61. The predicted molar refractivity (Wildman–Crippen MR) is 92.5 cm³/mol. The van der Waals surface area contributed by atoms with E-state index in [0.29, 0.717) is 0 Å². The number of rotatable bonds is 4. The van der Waals surface area contributed by atoms with E-state index in [0.717, 1.165) is 25.9 Å². The molecule has 2 rings (SSSR count). The normalized spacial score (nSPS) is 10.6. The molecule has 1 N–H and O–H groups in total. The maximum atomic E-state index is 11.8. The summed E-state index contributed by atoms with van der Waals surface area (Å²) in [5.74, 6) is 0.579. The molecule has 5 heteroatoms. The molecule has 21 heavy (non-hydrogen) atoms. The molecule has 1 amide bonds. The van der Waals surface area contributed by atoms with Crippen LogP contribution in [0, 0.1) is 0 Å². The Labute approximate surface area is 140 Å². The first-order valence-electron chi connectivity index (χ1n) is 6.16. The lowest BCUT2D eigenvalue weighted by Crippen LogP contribution is -2.07. The third kappa shape index (κ3) is 4.72. The van der Waals surface area contributed by atoms with Crippen molar-refractivity contribution in [2.75, 3.05) is 12.4 Å². The molecule has 3 nitrogen and oxygen atoms in total. The van der Waals surface area contributed by atoms with Gasteiger partial charge >= 0.3 is 0 Å². The van der Waals surface area contributed by atoms with E-state index in [1.165, 1.54) is 6.08 Å². The van der Waals surface area contributed by atoms with Crippen LogP contribution in [0.3, 0.4) is 0 Å². The SMILES string of the molecule is COc1ccc(C=CC(=O)Nc2ccc(Br)cc2)cc1Br. The fraction of sp³-hybridized carbons (Fsp3) is 0.0625. The zero-order valence-electron chi connectivity index (χ0n) is 11.3. The third-order valence-electron chi connectivity index (χ3n) is 2.71. The highest BCUT2D eigenvalue weighted by atomic mass is 79.9. The molecule has 0 saturated carbocycles. The number of carbonyl (C=O) groups excluding carboxylic acids is 1. The monoisotopic (exact) mass is 409 g/mol. The fourth-order valence-corrected chi connectivity index (χ4v) is 2.50. The summed E-state index contributed by atoms with van der Waals surface area (Å²) >= 11 is 6.76.